The number of rotatable bonds is 5. The Morgan fingerprint density at radius 3 is 2.70 bits per heavy atom. The van der Waals surface area contributed by atoms with Crippen LogP contribution in [0.25, 0.3) is 5.69 Å². The van der Waals surface area contributed by atoms with Crippen LogP contribution in [-0.2, 0) is 4.79 Å². The maximum absolute atomic E-state index is 11.5. The number of aromatic nitrogens is 4. The lowest BCUT2D eigenvalue weighted by Gasteiger charge is -2.16. The van der Waals surface area contributed by atoms with Gasteiger partial charge in [0.1, 0.15) is 0 Å². The molecule has 1 aromatic heterocycles. The lowest BCUT2D eigenvalue weighted by Crippen LogP contribution is -2.38. The summed E-state index contributed by atoms with van der Waals surface area (Å²) in [6.45, 7) is 3.76. The molecular weight excluding hydrogens is 276 g/mol. The third-order valence-corrected chi connectivity index (χ3v) is 4.24. The first-order valence-corrected chi connectivity index (χ1v) is 7.02. The van der Waals surface area contributed by atoms with Crippen molar-refractivity contribution in [2.24, 2.45) is 11.8 Å². The van der Waals surface area contributed by atoms with E-state index in [1.54, 1.807) is 4.68 Å². The Kier molecular flexibility index (Phi) is 4.70. The summed E-state index contributed by atoms with van der Waals surface area (Å²) in [6, 6.07) is 9.60. The van der Waals surface area contributed by atoms with E-state index in [-0.39, 0.29) is 17.1 Å². The SMILES string of the molecule is CC(Sc1nnnn1-c1ccccc1)C(C)C(=O)NN. The van der Waals surface area contributed by atoms with Crippen molar-refractivity contribution in [2.45, 2.75) is 24.3 Å². The first-order valence-electron chi connectivity index (χ1n) is 6.14. The summed E-state index contributed by atoms with van der Waals surface area (Å²) in [7, 11) is 0. The number of nitrogens with zero attached hydrogens (tertiary/aromatic N) is 4. The maximum Gasteiger partial charge on any atom is 0.237 e. The number of hydrogen-bond acceptors (Lipinski definition) is 6. The summed E-state index contributed by atoms with van der Waals surface area (Å²) in [4.78, 5) is 11.5. The molecule has 0 saturated carbocycles. The van der Waals surface area contributed by atoms with Gasteiger partial charge in [0.15, 0.2) is 0 Å². The van der Waals surface area contributed by atoms with E-state index in [0.717, 1.165) is 5.69 Å². The van der Waals surface area contributed by atoms with Gasteiger partial charge in [-0.2, -0.15) is 4.68 Å². The highest BCUT2D eigenvalue weighted by Gasteiger charge is 2.23. The number of amides is 1. The molecule has 2 rings (SSSR count). The predicted octanol–water partition coefficient (Wildman–Crippen LogP) is 0.769. The fourth-order valence-electron chi connectivity index (χ4n) is 1.60. The molecule has 2 unspecified atom stereocenters. The number of nitrogens with two attached hydrogens (primary N) is 1. The fraction of sp³-hybridized carbons (Fsp3) is 0.333. The van der Waals surface area contributed by atoms with Crippen LogP contribution < -0.4 is 11.3 Å². The molecule has 20 heavy (non-hydrogen) atoms. The molecule has 0 aliphatic rings. The van der Waals surface area contributed by atoms with Crippen LogP contribution in [0.1, 0.15) is 13.8 Å². The summed E-state index contributed by atoms with van der Waals surface area (Å²) >= 11 is 1.43. The van der Waals surface area contributed by atoms with Crippen molar-refractivity contribution in [1.82, 2.24) is 25.6 Å². The Labute approximate surface area is 120 Å². The van der Waals surface area contributed by atoms with E-state index < -0.39 is 0 Å². The number of nitrogens with one attached hydrogen (secondary N) is 1. The van der Waals surface area contributed by atoms with Crippen LogP contribution in [-0.4, -0.2) is 31.4 Å². The normalized spacial score (nSPS) is 13.8. The molecule has 2 atom stereocenters. The molecule has 0 fully saturated rings. The van der Waals surface area contributed by atoms with Gasteiger partial charge in [-0.25, -0.2) is 5.84 Å². The number of para-hydroxylation sites is 1. The number of tetrazole rings is 1. The number of carbonyl (C=O) groups is 1. The minimum absolute atomic E-state index is 0.00740. The van der Waals surface area contributed by atoms with Gasteiger partial charge in [-0.15, -0.1) is 5.10 Å². The molecule has 0 aliphatic heterocycles. The van der Waals surface area contributed by atoms with E-state index in [0.29, 0.717) is 5.16 Å². The number of benzene rings is 1. The van der Waals surface area contributed by atoms with Crippen LogP contribution in [0.5, 0.6) is 0 Å². The van der Waals surface area contributed by atoms with E-state index in [4.69, 9.17) is 5.84 Å². The Morgan fingerprint density at radius 2 is 2.05 bits per heavy atom. The fourth-order valence-corrected chi connectivity index (χ4v) is 2.58. The topological polar surface area (TPSA) is 98.7 Å². The first kappa shape index (κ1) is 14.5. The molecule has 7 nitrogen and oxygen atoms in total. The van der Waals surface area contributed by atoms with E-state index in [9.17, 15) is 4.79 Å². The Bertz CT molecular complexity index is 572. The van der Waals surface area contributed by atoms with Gasteiger partial charge in [-0.05, 0) is 22.6 Å². The molecule has 1 amide bonds. The van der Waals surface area contributed by atoms with E-state index in [2.05, 4.69) is 21.0 Å². The third kappa shape index (κ3) is 3.14. The van der Waals surface area contributed by atoms with Crippen LogP contribution in [0, 0.1) is 5.92 Å². The lowest BCUT2D eigenvalue weighted by molar-refractivity contribution is -0.124. The van der Waals surface area contributed by atoms with Crippen LogP contribution >= 0.6 is 11.8 Å². The number of hydrogen-bond donors (Lipinski definition) is 2. The van der Waals surface area contributed by atoms with Crippen LogP contribution in [0.4, 0.5) is 0 Å². The lowest BCUT2D eigenvalue weighted by atomic mass is 10.1. The Morgan fingerprint density at radius 1 is 1.35 bits per heavy atom. The summed E-state index contributed by atoms with van der Waals surface area (Å²) in [5.41, 5.74) is 3.04. The molecule has 106 valence electrons. The zero-order chi connectivity index (χ0) is 14.5. The molecule has 3 N–H and O–H groups in total. The van der Waals surface area contributed by atoms with Crippen molar-refractivity contribution >= 4 is 17.7 Å². The molecule has 0 bridgehead atoms. The Hall–Kier alpha value is -1.93. The second-order valence-corrected chi connectivity index (χ2v) is 5.67. The molecule has 1 aromatic carbocycles. The number of thioether (sulfide) groups is 1. The third-order valence-electron chi connectivity index (χ3n) is 2.99. The molecular formula is C12H16N6OS. The molecule has 1 heterocycles. The quantitative estimate of drug-likeness (QED) is 0.365. The van der Waals surface area contributed by atoms with Crippen molar-refractivity contribution in [3.8, 4) is 5.69 Å². The first-order chi connectivity index (χ1) is 9.63. The van der Waals surface area contributed by atoms with Crippen molar-refractivity contribution in [3.63, 3.8) is 0 Å². The van der Waals surface area contributed by atoms with Crippen molar-refractivity contribution in [2.75, 3.05) is 0 Å². The summed E-state index contributed by atoms with van der Waals surface area (Å²) in [6.07, 6.45) is 0. The van der Waals surface area contributed by atoms with Gasteiger partial charge in [0.05, 0.1) is 5.69 Å². The highest BCUT2D eigenvalue weighted by molar-refractivity contribution is 7.99. The summed E-state index contributed by atoms with van der Waals surface area (Å²) < 4.78 is 1.65. The van der Waals surface area contributed by atoms with Crippen LogP contribution in [0.2, 0.25) is 0 Å². The van der Waals surface area contributed by atoms with Gasteiger partial charge in [0.25, 0.3) is 0 Å². The maximum atomic E-state index is 11.5. The molecule has 2 aromatic rings. The molecule has 8 heteroatoms. The standard InChI is InChI=1S/C12H16N6OS/c1-8(11(19)14-13)9(2)20-12-15-16-17-18(12)10-6-4-3-5-7-10/h3-9H,13H2,1-2H3,(H,14,19). The van der Waals surface area contributed by atoms with Gasteiger partial charge in [-0.3, -0.25) is 10.2 Å². The highest BCUT2D eigenvalue weighted by Crippen LogP contribution is 2.27. The van der Waals surface area contributed by atoms with Gasteiger partial charge in [0.2, 0.25) is 11.1 Å². The summed E-state index contributed by atoms with van der Waals surface area (Å²) in [5, 5.41) is 12.3. The number of carbonyl (C=O) groups excluding carboxylic acids is 1. The number of hydrazine groups is 1. The minimum atomic E-state index is -0.245. The zero-order valence-electron chi connectivity index (χ0n) is 11.2. The molecule has 0 aliphatic carbocycles. The van der Waals surface area contributed by atoms with Gasteiger partial charge in [0, 0.05) is 11.2 Å². The van der Waals surface area contributed by atoms with E-state index in [1.807, 2.05) is 44.2 Å². The van der Waals surface area contributed by atoms with Crippen molar-refractivity contribution in [1.29, 1.82) is 0 Å². The average molecular weight is 292 g/mol. The largest absolute Gasteiger partial charge is 0.294 e. The van der Waals surface area contributed by atoms with Gasteiger partial charge >= 0.3 is 0 Å². The van der Waals surface area contributed by atoms with Crippen molar-refractivity contribution in [3.05, 3.63) is 30.3 Å². The van der Waals surface area contributed by atoms with Crippen LogP contribution in [0.15, 0.2) is 35.5 Å². The van der Waals surface area contributed by atoms with Crippen molar-refractivity contribution < 1.29 is 4.79 Å². The van der Waals surface area contributed by atoms with Gasteiger partial charge < -0.3 is 0 Å². The van der Waals surface area contributed by atoms with Gasteiger partial charge in [-0.1, -0.05) is 43.8 Å². The zero-order valence-corrected chi connectivity index (χ0v) is 12.0. The monoisotopic (exact) mass is 292 g/mol. The van der Waals surface area contributed by atoms with Crippen LogP contribution in [0.3, 0.4) is 0 Å². The molecule has 0 spiro atoms. The minimum Gasteiger partial charge on any atom is -0.294 e. The Balaban J connectivity index is 2.15. The highest BCUT2D eigenvalue weighted by atomic mass is 32.2. The average Bonchev–Trinajstić information content (AvgIpc) is 2.94. The second kappa shape index (κ2) is 6.49. The smallest absolute Gasteiger partial charge is 0.237 e. The molecule has 0 saturated heterocycles. The predicted molar refractivity (Wildman–Crippen MR) is 76.0 cm³/mol. The van der Waals surface area contributed by atoms with E-state index >= 15 is 0 Å². The second-order valence-electron chi connectivity index (χ2n) is 4.33. The summed E-state index contributed by atoms with van der Waals surface area (Å²) in [5.74, 6) is 4.70. The molecule has 0 radical (unpaired) electrons. The van der Waals surface area contributed by atoms with E-state index in [1.165, 1.54) is 11.8 Å².